The molecule has 1 aliphatic heterocycles. The number of hydrogen-bond acceptors (Lipinski definition) is 2. The molecular weight excluding hydrogens is 184 g/mol. The number of nitrogens with one attached hydrogen (secondary N) is 1. The molecule has 2 heteroatoms. The first-order valence-corrected chi connectivity index (χ1v) is 6.70. The van der Waals surface area contributed by atoms with E-state index in [0.29, 0.717) is 0 Å². The van der Waals surface area contributed by atoms with E-state index in [9.17, 15) is 0 Å². The molecule has 0 aromatic rings. The van der Waals surface area contributed by atoms with Gasteiger partial charge in [-0.3, -0.25) is 4.90 Å². The van der Waals surface area contributed by atoms with Gasteiger partial charge in [0.2, 0.25) is 0 Å². The predicted molar refractivity (Wildman–Crippen MR) is 67.2 cm³/mol. The quantitative estimate of drug-likeness (QED) is 0.652. The van der Waals surface area contributed by atoms with Gasteiger partial charge in [0.25, 0.3) is 0 Å². The molecule has 1 heterocycles. The van der Waals surface area contributed by atoms with E-state index in [4.69, 9.17) is 0 Å². The summed E-state index contributed by atoms with van der Waals surface area (Å²) in [4.78, 5) is 2.67. The van der Waals surface area contributed by atoms with E-state index in [1.807, 2.05) is 0 Å². The highest BCUT2D eigenvalue weighted by molar-refractivity contribution is 4.81. The number of unbranched alkanes of at least 4 members (excludes halogenated alkanes) is 1. The molecule has 1 atom stereocenters. The zero-order valence-electron chi connectivity index (χ0n) is 10.8. The molecule has 1 rings (SSSR count). The Morgan fingerprint density at radius 2 is 2.13 bits per heavy atom. The lowest BCUT2D eigenvalue weighted by atomic mass is 10.0. The molecule has 1 unspecified atom stereocenters. The molecule has 0 spiro atoms. The van der Waals surface area contributed by atoms with Crippen LogP contribution < -0.4 is 5.32 Å². The third-order valence-corrected chi connectivity index (χ3v) is 3.47. The molecule has 1 saturated heterocycles. The number of rotatable bonds is 7. The number of hydrogen-bond donors (Lipinski definition) is 1. The average Bonchev–Trinajstić information content (AvgIpc) is 2.66. The standard InChI is InChI=1S/C13H28N2/c1-4-5-8-14-9-11-15-10-6-7-13(15)12(2)3/h12-14H,4-11H2,1-3H3. The molecule has 2 nitrogen and oxygen atoms in total. The summed E-state index contributed by atoms with van der Waals surface area (Å²) in [5.74, 6) is 0.822. The fourth-order valence-electron chi connectivity index (χ4n) is 2.53. The van der Waals surface area contributed by atoms with E-state index in [0.717, 1.165) is 12.0 Å². The van der Waals surface area contributed by atoms with Crippen molar-refractivity contribution in [2.24, 2.45) is 5.92 Å². The molecule has 90 valence electrons. The molecule has 0 saturated carbocycles. The highest BCUT2D eigenvalue weighted by atomic mass is 15.2. The van der Waals surface area contributed by atoms with Gasteiger partial charge in [-0.25, -0.2) is 0 Å². The van der Waals surface area contributed by atoms with Crippen molar-refractivity contribution in [3.63, 3.8) is 0 Å². The summed E-state index contributed by atoms with van der Waals surface area (Å²) in [6.45, 7) is 11.9. The first-order valence-electron chi connectivity index (χ1n) is 6.70. The van der Waals surface area contributed by atoms with Gasteiger partial charge < -0.3 is 5.32 Å². The lowest BCUT2D eigenvalue weighted by Crippen LogP contribution is -2.38. The SMILES string of the molecule is CCCCNCCN1CCCC1C(C)C. The van der Waals surface area contributed by atoms with E-state index < -0.39 is 0 Å². The molecule has 0 radical (unpaired) electrons. The van der Waals surface area contributed by atoms with Crippen LogP contribution in [0.1, 0.15) is 46.5 Å². The second-order valence-electron chi connectivity index (χ2n) is 5.09. The van der Waals surface area contributed by atoms with Crippen LogP contribution >= 0.6 is 0 Å². The van der Waals surface area contributed by atoms with Crippen molar-refractivity contribution in [3.05, 3.63) is 0 Å². The van der Waals surface area contributed by atoms with Crippen LogP contribution in [0.2, 0.25) is 0 Å². The Morgan fingerprint density at radius 1 is 1.33 bits per heavy atom. The third-order valence-electron chi connectivity index (χ3n) is 3.47. The van der Waals surface area contributed by atoms with Gasteiger partial charge in [0, 0.05) is 19.1 Å². The van der Waals surface area contributed by atoms with Gasteiger partial charge in [0.15, 0.2) is 0 Å². The molecule has 0 aromatic heterocycles. The second-order valence-corrected chi connectivity index (χ2v) is 5.09. The maximum absolute atomic E-state index is 3.53. The van der Waals surface area contributed by atoms with Crippen molar-refractivity contribution in [1.82, 2.24) is 10.2 Å². The van der Waals surface area contributed by atoms with Crippen LogP contribution in [0.15, 0.2) is 0 Å². The smallest absolute Gasteiger partial charge is 0.0119 e. The monoisotopic (exact) mass is 212 g/mol. The normalized spacial score (nSPS) is 22.8. The summed E-state index contributed by atoms with van der Waals surface area (Å²) in [6.07, 6.45) is 5.42. The Kier molecular flexibility index (Phi) is 6.26. The molecule has 1 aliphatic rings. The molecule has 15 heavy (non-hydrogen) atoms. The molecule has 1 N–H and O–H groups in total. The molecule has 0 bridgehead atoms. The topological polar surface area (TPSA) is 15.3 Å². The van der Waals surface area contributed by atoms with Crippen molar-refractivity contribution in [1.29, 1.82) is 0 Å². The van der Waals surface area contributed by atoms with Gasteiger partial charge in [-0.2, -0.15) is 0 Å². The van der Waals surface area contributed by atoms with Crippen LogP contribution in [0, 0.1) is 5.92 Å². The van der Waals surface area contributed by atoms with Crippen LogP contribution in [0.3, 0.4) is 0 Å². The van der Waals surface area contributed by atoms with Crippen LogP contribution in [0.4, 0.5) is 0 Å². The zero-order chi connectivity index (χ0) is 11.1. The lowest BCUT2D eigenvalue weighted by molar-refractivity contribution is 0.207. The second kappa shape index (κ2) is 7.24. The summed E-state index contributed by atoms with van der Waals surface area (Å²) in [5.41, 5.74) is 0. The first kappa shape index (κ1) is 13.0. The summed E-state index contributed by atoms with van der Waals surface area (Å²) in [5, 5.41) is 3.53. The van der Waals surface area contributed by atoms with Crippen molar-refractivity contribution >= 4 is 0 Å². The van der Waals surface area contributed by atoms with Gasteiger partial charge in [0.1, 0.15) is 0 Å². The average molecular weight is 212 g/mol. The van der Waals surface area contributed by atoms with Crippen molar-refractivity contribution in [3.8, 4) is 0 Å². The molecule has 0 aromatic carbocycles. The van der Waals surface area contributed by atoms with Gasteiger partial charge in [-0.15, -0.1) is 0 Å². The highest BCUT2D eigenvalue weighted by Crippen LogP contribution is 2.22. The van der Waals surface area contributed by atoms with E-state index in [2.05, 4.69) is 31.0 Å². The Hall–Kier alpha value is -0.0800. The van der Waals surface area contributed by atoms with E-state index in [1.54, 1.807) is 0 Å². The molecule has 0 amide bonds. The predicted octanol–water partition coefficient (Wildman–Crippen LogP) is 2.50. The van der Waals surface area contributed by atoms with Gasteiger partial charge >= 0.3 is 0 Å². The van der Waals surface area contributed by atoms with Gasteiger partial charge in [0.05, 0.1) is 0 Å². The Morgan fingerprint density at radius 3 is 2.80 bits per heavy atom. The summed E-state index contributed by atoms with van der Waals surface area (Å²) >= 11 is 0. The van der Waals surface area contributed by atoms with Crippen molar-refractivity contribution in [2.45, 2.75) is 52.5 Å². The number of likely N-dealkylation sites (tertiary alicyclic amines) is 1. The Labute approximate surface area is 95.4 Å². The van der Waals surface area contributed by atoms with Crippen LogP contribution in [-0.4, -0.2) is 37.1 Å². The Bertz CT molecular complexity index is 157. The van der Waals surface area contributed by atoms with Crippen LogP contribution in [0.25, 0.3) is 0 Å². The van der Waals surface area contributed by atoms with Gasteiger partial charge in [-0.1, -0.05) is 27.2 Å². The van der Waals surface area contributed by atoms with Crippen molar-refractivity contribution in [2.75, 3.05) is 26.2 Å². The molecule has 1 fully saturated rings. The maximum Gasteiger partial charge on any atom is 0.0119 e. The number of nitrogens with zero attached hydrogens (tertiary/aromatic N) is 1. The fraction of sp³-hybridized carbons (Fsp3) is 1.00. The summed E-state index contributed by atoms with van der Waals surface area (Å²) in [6, 6.07) is 0.845. The maximum atomic E-state index is 3.53. The Balaban J connectivity index is 2.09. The minimum Gasteiger partial charge on any atom is -0.315 e. The van der Waals surface area contributed by atoms with E-state index >= 15 is 0 Å². The first-order chi connectivity index (χ1) is 7.25. The molecular formula is C13H28N2. The van der Waals surface area contributed by atoms with Crippen LogP contribution in [-0.2, 0) is 0 Å². The van der Waals surface area contributed by atoms with E-state index in [1.165, 1.54) is 51.9 Å². The third kappa shape index (κ3) is 4.52. The highest BCUT2D eigenvalue weighted by Gasteiger charge is 2.25. The minimum absolute atomic E-state index is 0.822. The minimum atomic E-state index is 0.822. The molecule has 0 aliphatic carbocycles. The largest absolute Gasteiger partial charge is 0.315 e. The fourth-order valence-corrected chi connectivity index (χ4v) is 2.53. The van der Waals surface area contributed by atoms with Crippen molar-refractivity contribution < 1.29 is 0 Å². The lowest BCUT2D eigenvalue weighted by Gasteiger charge is -2.27. The summed E-state index contributed by atoms with van der Waals surface area (Å²) < 4.78 is 0. The van der Waals surface area contributed by atoms with Gasteiger partial charge in [-0.05, 0) is 38.3 Å². The van der Waals surface area contributed by atoms with Crippen LogP contribution in [0.5, 0.6) is 0 Å². The summed E-state index contributed by atoms with van der Waals surface area (Å²) in [7, 11) is 0. The van der Waals surface area contributed by atoms with E-state index in [-0.39, 0.29) is 0 Å². The zero-order valence-corrected chi connectivity index (χ0v) is 10.8.